The number of benzene rings is 1. The first-order valence-electron chi connectivity index (χ1n) is 3.76. The summed E-state index contributed by atoms with van der Waals surface area (Å²) < 4.78 is 13.1. The summed E-state index contributed by atoms with van der Waals surface area (Å²) in [5.41, 5.74) is 4.41. The summed E-state index contributed by atoms with van der Waals surface area (Å²) in [5, 5.41) is 17.4. The molecule has 0 radical (unpaired) electrons. The Morgan fingerprint density at radius 2 is 2.14 bits per heavy atom. The van der Waals surface area contributed by atoms with E-state index in [1.165, 1.54) is 12.1 Å². The standard InChI is InChI=1S/C7H8BFN2O3/c9-6-3-5(8(13)14)1-2-7(6)11-10-4-12/h1-4,11,13-14H,(H,10,12). The molecule has 14 heavy (non-hydrogen) atoms. The third-order valence-corrected chi connectivity index (χ3v) is 1.56. The maximum atomic E-state index is 13.1. The molecule has 0 saturated carbocycles. The fourth-order valence-electron chi connectivity index (χ4n) is 0.901. The van der Waals surface area contributed by atoms with E-state index in [4.69, 9.17) is 10.0 Å². The van der Waals surface area contributed by atoms with Crippen LogP contribution in [0.5, 0.6) is 0 Å². The lowest BCUT2D eigenvalue weighted by atomic mass is 9.80. The van der Waals surface area contributed by atoms with Gasteiger partial charge in [-0.25, -0.2) is 4.39 Å². The average Bonchev–Trinajstić information content (AvgIpc) is 2.15. The van der Waals surface area contributed by atoms with Crippen molar-refractivity contribution in [1.29, 1.82) is 0 Å². The van der Waals surface area contributed by atoms with Crippen molar-refractivity contribution >= 4 is 24.7 Å². The summed E-state index contributed by atoms with van der Waals surface area (Å²) >= 11 is 0. The normalized spacial score (nSPS) is 9.36. The highest BCUT2D eigenvalue weighted by Crippen LogP contribution is 2.09. The number of hydrogen-bond acceptors (Lipinski definition) is 4. The smallest absolute Gasteiger partial charge is 0.423 e. The van der Waals surface area contributed by atoms with Crippen molar-refractivity contribution in [2.45, 2.75) is 0 Å². The van der Waals surface area contributed by atoms with Crippen molar-refractivity contribution in [2.24, 2.45) is 0 Å². The van der Waals surface area contributed by atoms with Gasteiger partial charge >= 0.3 is 7.12 Å². The Kier molecular flexibility index (Phi) is 3.44. The lowest BCUT2D eigenvalue weighted by Gasteiger charge is -2.06. The molecule has 0 aliphatic carbocycles. The molecule has 0 saturated heterocycles. The predicted octanol–water partition coefficient (Wildman–Crippen LogP) is -1.42. The quantitative estimate of drug-likeness (QED) is 0.272. The monoisotopic (exact) mass is 198 g/mol. The Bertz CT molecular complexity index is 335. The van der Waals surface area contributed by atoms with Gasteiger partial charge in [0.05, 0.1) is 5.69 Å². The number of anilines is 1. The molecule has 74 valence electrons. The molecular weight excluding hydrogens is 190 g/mol. The molecule has 0 aliphatic heterocycles. The molecule has 0 unspecified atom stereocenters. The minimum Gasteiger partial charge on any atom is -0.423 e. The second kappa shape index (κ2) is 4.59. The summed E-state index contributed by atoms with van der Waals surface area (Å²) in [6.07, 6.45) is 0.355. The SMILES string of the molecule is O=CNNc1ccc(B(O)O)cc1F. The molecule has 5 nitrogen and oxygen atoms in total. The van der Waals surface area contributed by atoms with E-state index in [9.17, 15) is 9.18 Å². The van der Waals surface area contributed by atoms with Gasteiger partial charge in [-0.15, -0.1) is 0 Å². The van der Waals surface area contributed by atoms with Crippen LogP contribution < -0.4 is 16.3 Å². The number of carbonyl (C=O) groups excluding carboxylic acids is 1. The highest BCUT2D eigenvalue weighted by atomic mass is 19.1. The van der Waals surface area contributed by atoms with Crippen LogP contribution in [0.25, 0.3) is 0 Å². The number of rotatable bonds is 4. The van der Waals surface area contributed by atoms with E-state index in [-0.39, 0.29) is 11.2 Å². The summed E-state index contributed by atoms with van der Waals surface area (Å²) in [6, 6.07) is 3.56. The Hall–Kier alpha value is -1.60. The van der Waals surface area contributed by atoms with E-state index in [2.05, 4.69) is 10.9 Å². The third-order valence-electron chi connectivity index (χ3n) is 1.56. The fraction of sp³-hybridized carbons (Fsp3) is 0. The second-order valence-electron chi connectivity index (χ2n) is 2.50. The van der Waals surface area contributed by atoms with E-state index in [1.807, 2.05) is 0 Å². The van der Waals surface area contributed by atoms with Crippen molar-refractivity contribution in [1.82, 2.24) is 5.43 Å². The highest BCUT2D eigenvalue weighted by Gasteiger charge is 2.12. The first-order valence-corrected chi connectivity index (χ1v) is 3.76. The molecule has 0 spiro atoms. The van der Waals surface area contributed by atoms with Crippen LogP contribution >= 0.6 is 0 Å². The molecule has 0 fully saturated rings. The summed E-state index contributed by atoms with van der Waals surface area (Å²) in [4.78, 5) is 9.89. The van der Waals surface area contributed by atoms with Gasteiger partial charge in [0.25, 0.3) is 0 Å². The van der Waals surface area contributed by atoms with E-state index >= 15 is 0 Å². The molecule has 0 aromatic heterocycles. The van der Waals surface area contributed by atoms with Gasteiger partial charge in [0.15, 0.2) is 0 Å². The number of halogens is 1. The molecule has 1 aromatic rings. The van der Waals surface area contributed by atoms with Crippen LogP contribution in [0.3, 0.4) is 0 Å². The Morgan fingerprint density at radius 3 is 2.64 bits per heavy atom. The molecular formula is C7H8BFN2O3. The second-order valence-corrected chi connectivity index (χ2v) is 2.50. The van der Waals surface area contributed by atoms with Gasteiger partial charge in [-0.1, -0.05) is 6.07 Å². The molecule has 1 rings (SSSR count). The van der Waals surface area contributed by atoms with Crippen molar-refractivity contribution < 1.29 is 19.2 Å². The van der Waals surface area contributed by atoms with Gasteiger partial charge in [0.2, 0.25) is 6.41 Å². The number of hydrazine groups is 1. The Labute approximate surface area is 79.7 Å². The van der Waals surface area contributed by atoms with E-state index in [0.717, 1.165) is 6.07 Å². The van der Waals surface area contributed by atoms with Crippen LogP contribution in [0.2, 0.25) is 0 Å². The van der Waals surface area contributed by atoms with Crippen LogP contribution in [0, 0.1) is 5.82 Å². The third kappa shape index (κ3) is 2.44. The van der Waals surface area contributed by atoms with E-state index in [0.29, 0.717) is 6.41 Å². The number of amides is 1. The van der Waals surface area contributed by atoms with Gasteiger partial charge in [0.1, 0.15) is 5.82 Å². The van der Waals surface area contributed by atoms with Gasteiger partial charge in [-0.3, -0.25) is 15.6 Å². The van der Waals surface area contributed by atoms with E-state index in [1.54, 1.807) is 0 Å². The number of hydrogen-bond donors (Lipinski definition) is 4. The van der Waals surface area contributed by atoms with Crippen molar-refractivity contribution in [3.8, 4) is 0 Å². The lowest BCUT2D eigenvalue weighted by molar-refractivity contribution is -0.109. The minimum atomic E-state index is -1.71. The van der Waals surface area contributed by atoms with Gasteiger partial charge in [-0.2, -0.15) is 0 Å². The van der Waals surface area contributed by atoms with Crippen LogP contribution in [0.4, 0.5) is 10.1 Å². The van der Waals surface area contributed by atoms with Gasteiger partial charge < -0.3 is 10.0 Å². The van der Waals surface area contributed by atoms with Crippen molar-refractivity contribution in [3.63, 3.8) is 0 Å². The maximum absolute atomic E-state index is 13.1. The molecule has 0 aliphatic rings. The maximum Gasteiger partial charge on any atom is 0.488 e. The molecule has 7 heteroatoms. The van der Waals surface area contributed by atoms with Gasteiger partial charge in [-0.05, 0) is 17.6 Å². The predicted molar refractivity (Wildman–Crippen MR) is 49.0 cm³/mol. The molecule has 0 atom stereocenters. The summed E-state index contributed by atoms with van der Waals surface area (Å²) in [7, 11) is -1.71. The zero-order valence-electron chi connectivity index (χ0n) is 7.07. The molecule has 0 heterocycles. The summed E-state index contributed by atoms with van der Waals surface area (Å²) in [5.74, 6) is -0.690. The largest absolute Gasteiger partial charge is 0.488 e. The first-order chi connectivity index (χ1) is 6.65. The summed E-state index contributed by atoms with van der Waals surface area (Å²) in [6.45, 7) is 0. The molecule has 0 bridgehead atoms. The van der Waals surface area contributed by atoms with Crippen LogP contribution in [-0.4, -0.2) is 23.6 Å². The zero-order valence-corrected chi connectivity index (χ0v) is 7.07. The zero-order chi connectivity index (χ0) is 10.6. The van der Waals surface area contributed by atoms with Crippen LogP contribution in [-0.2, 0) is 4.79 Å². The number of carbonyl (C=O) groups is 1. The highest BCUT2D eigenvalue weighted by molar-refractivity contribution is 6.58. The van der Waals surface area contributed by atoms with Crippen molar-refractivity contribution in [3.05, 3.63) is 24.0 Å². The Morgan fingerprint density at radius 1 is 1.43 bits per heavy atom. The van der Waals surface area contributed by atoms with Crippen LogP contribution in [0.15, 0.2) is 18.2 Å². The lowest BCUT2D eigenvalue weighted by Crippen LogP contribution is -2.30. The molecule has 1 amide bonds. The minimum absolute atomic E-state index is 0.0409. The topological polar surface area (TPSA) is 81.6 Å². The number of nitrogens with one attached hydrogen (secondary N) is 2. The average molecular weight is 198 g/mol. The fourth-order valence-corrected chi connectivity index (χ4v) is 0.901. The molecule has 1 aromatic carbocycles. The first kappa shape index (κ1) is 10.5. The Balaban J connectivity index is 2.84. The van der Waals surface area contributed by atoms with Gasteiger partial charge in [0, 0.05) is 0 Å². The van der Waals surface area contributed by atoms with Crippen molar-refractivity contribution in [2.75, 3.05) is 5.43 Å². The van der Waals surface area contributed by atoms with E-state index < -0.39 is 12.9 Å². The van der Waals surface area contributed by atoms with Crippen LogP contribution in [0.1, 0.15) is 0 Å². The molecule has 4 N–H and O–H groups in total.